The molecule has 28 heavy (non-hydrogen) atoms. The SMILES string of the molecule is CCNC(=NCCCNC(=O)c1cccs1)NCCC(O)c1ccccc1.I. The molecule has 0 bridgehead atoms. The van der Waals surface area contributed by atoms with Gasteiger partial charge >= 0.3 is 0 Å². The van der Waals surface area contributed by atoms with Crippen LogP contribution in [0.25, 0.3) is 0 Å². The van der Waals surface area contributed by atoms with Crippen LogP contribution in [0, 0.1) is 0 Å². The first-order chi connectivity index (χ1) is 13.2. The maximum absolute atomic E-state index is 11.8. The molecule has 1 aromatic carbocycles. The molecule has 0 saturated carbocycles. The monoisotopic (exact) mass is 516 g/mol. The van der Waals surface area contributed by atoms with Crippen molar-refractivity contribution in [2.24, 2.45) is 4.99 Å². The molecule has 0 aliphatic carbocycles. The number of carbonyl (C=O) groups is 1. The molecular formula is C20H29IN4O2S. The van der Waals surface area contributed by atoms with E-state index in [9.17, 15) is 9.90 Å². The number of benzene rings is 1. The molecule has 1 unspecified atom stereocenters. The number of hydrogen-bond acceptors (Lipinski definition) is 4. The number of hydrogen-bond donors (Lipinski definition) is 4. The van der Waals surface area contributed by atoms with Crippen LogP contribution in [0.15, 0.2) is 52.8 Å². The molecule has 2 aromatic rings. The Hall–Kier alpha value is -1.65. The van der Waals surface area contributed by atoms with Gasteiger partial charge in [-0.25, -0.2) is 0 Å². The number of nitrogens with zero attached hydrogens (tertiary/aromatic N) is 1. The van der Waals surface area contributed by atoms with Crippen molar-refractivity contribution >= 4 is 47.2 Å². The lowest BCUT2D eigenvalue weighted by molar-refractivity contribution is 0.0957. The van der Waals surface area contributed by atoms with Gasteiger partial charge in [0, 0.05) is 26.2 Å². The minimum atomic E-state index is -0.492. The van der Waals surface area contributed by atoms with Crippen LogP contribution in [0.4, 0.5) is 0 Å². The number of aliphatic hydroxyl groups is 1. The van der Waals surface area contributed by atoms with Gasteiger partial charge in [0.2, 0.25) is 0 Å². The van der Waals surface area contributed by atoms with Gasteiger partial charge in [0.25, 0.3) is 5.91 Å². The second-order valence-electron chi connectivity index (χ2n) is 5.99. The second kappa shape index (κ2) is 14.4. The van der Waals surface area contributed by atoms with Crippen molar-refractivity contribution in [1.82, 2.24) is 16.0 Å². The predicted octanol–water partition coefficient (Wildman–Crippen LogP) is 3.16. The Morgan fingerprint density at radius 1 is 1.11 bits per heavy atom. The number of rotatable bonds is 10. The number of thiophene rings is 1. The summed E-state index contributed by atoms with van der Waals surface area (Å²) in [4.78, 5) is 17.1. The first kappa shape index (κ1) is 24.4. The van der Waals surface area contributed by atoms with Gasteiger partial charge in [0.1, 0.15) is 0 Å². The zero-order valence-corrected chi connectivity index (χ0v) is 19.2. The summed E-state index contributed by atoms with van der Waals surface area (Å²) in [7, 11) is 0. The lowest BCUT2D eigenvalue weighted by Gasteiger charge is -2.14. The van der Waals surface area contributed by atoms with Crippen molar-refractivity contribution in [3.8, 4) is 0 Å². The van der Waals surface area contributed by atoms with Gasteiger partial charge in [0.05, 0.1) is 11.0 Å². The summed E-state index contributed by atoms with van der Waals surface area (Å²) in [6, 6.07) is 13.3. The van der Waals surface area contributed by atoms with Gasteiger partial charge in [-0.05, 0) is 36.8 Å². The number of amides is 1. The van der Waals surface area contributed by atoms with Crippen molar-refractivity contribution < 1.29 is 9.90 Å². The van der Waals surface area contributed by atoms with E-state index in [1.165, 1.54) is 11.3 Å². The highest BCUT2D eigenvalue weighted by molar-refractivity contribution is 14.0. The van der Waals surface area contributed by atoms with Crippen LogP contribution in [-0.4, -0.2) is 43.2 Å². The molecule has 1 aromatic heterocycles. The minimum Gasteiger partial charge on any atom is -0.388 e. The highest BCUT2D eigenvalue weighted by Gasteiger charge is 2.07. The summed E-state index contributed by atoms with van der Waals surface area (Å²) in [5.74, 6) is 0.691. The van der Waals surface area contributed by atoms with Gasteiger partial charge in [0.15, 0.2) is 5.96 Å². The lowest BCUT2D eigenvalue weighted by atomic mass is 10.1. The van der Waals surface area contributed by atoms with E-state index < -0.39 is 6.10 Å². The molecule has 0 spiro atoms. The van der Waals surface area contributed by atoms with Gasteiger partial charge in [-0.15, -0.1) is 35.3 Å². The smallest absolute Gasteiger partial charge is 0.261 e. The molecule has 8 heteroatoms. The number of aliphatic imine (C=N–C) groups is 1. The molecule has 6 nitrogen and oxygen atoms in total. The fraction of sp³-hybridized carbons (Fsp3) is 0.400. The predicted molar refractivity (Wildman–Crippen MR) is 127 cm³/mol. The Morgan fingerprint density at radius 3 is 2.57 bits per heavy atom. The van der Waals surface area contributed by atoms with E-state index in [0.717, 1.165) is 29.4 Å². The third-order valence-corrected chi connectivity index (χ3v) is 4.74. The lowest BCUT2D eigenvalue weighted by Crippen LogP contribution is -2.38. The zero-order chi connectivity index (χ0) is 19.3. The quantitative estimate of drug-likeness (QED) is 0.169. The van der Waals surface area contributed by atoms with Crippen LogP contribution in [0.3, 0.4) is 0 Å². The molecule has 0 fully saturated rings. The van der Waals surface area contributed by atoms with Crippen LogP contribution < -0.4 is 16.0 Å². The van der Waals surface area contributed by atoms with Gasteiger partial charge in [-0.3, -0.25) is 9.79 Å². The van der Waals surface area contributed by atoms with E-state index in [1.54, 1.807) is 0 Å². The van der Waals surface area contributed by atoms with E-state index in [0.29, 0.717) is 26.1 Å². The zero-order valence-electron chi connectivity index (χ0n) is 16.1. The number of guanidine groups is 1. The molecular weight excluding hydrogens is 487 g/mol. The Labute approximate surface area is 187 Å². The largest absolute Gasteiger partial charge is 0.388 e. The fourth-order valence-corrected chi connectivity index (χ4v) is 3.12. The van der Waals surface area contributed by atoms with Crippen molar-refractivity contribution in [2.75, 3.05) is 26.2 Å². The molecule has 1 heterocycles. The number of aliphatic hydroxyl groups excluding tert-OH is 1. The molecule has 0 saturated heterocycles. The number of halogens is 1. The van der Waals surface area contributed by atoms with Gasteiger partial charge in [-0.2, -0.15) is 0 Å². The summed E-state index contributed by atoms with van der Waals surface area (Å²) >= 11 is 1.44. The molecule has 0 aliphatic rings. The standard InChI is InChI=1S/C20H28N4O2S.HI/c1-2-21-20(24-14-11-17(25)16-8-4-3-5-9-16)23-13-7-12-22-19(26)18-10-6-15-27-18;/h3-6,8-10,15,17,25H,2,7,11-14H2,1H3,(H,22,26)(H2,21,23,24);1H. The Kier molecular flexibility index (Phi) is 12.5. The molecule has 4 N–H and O–H groups in total. The minimum absolute atomic E-state index is 0. The summed E-state index contributed by atoms with van der Waals surface area (Å²) < 4.78 is 0. The topological polar surface area (TPSA) is 85.8 Å². The summed E-state index contributed by atoms with van der Waals surface area (Å²) in [5, 5.41) is 21.4. The second-order valence-corrected chi connectivity index (χ2v) is 6.94. The normalized spacial score (nSPS) is 12.0. The molecule has 154 valence electrons. The Balaban J connectivity index is 0.00000392. The van der Waals surface area contributed by atoms with Crippen LogP contribution in [0.1, 0.15) is 41.1 Å². The van der Waals surface area contributed by atoms with E-state index in [2.05, 4.69) is 20.9 Å². The van der Waals surface area contributed by atoms with E-state index in [-0.39, 0.29) is 29.9 Å². The van der Waals surface area contributed by atoms with Gasteiger partial charge in [-0.1, -0.05) is 36.4 Å². The molecule has 2 rings (SSSR count). The summed E-state index contributed by atoms with van der Waals surface area (Å²) in [6.45, 7) is 4.60. The third-order valence-electron chi connectivity index (χ3n) is 3.87. The molecule has 0 aliphatic heterocycles. The fourth-order valence-electron chi connectivity index (χ4n) is 2.48. The van der Waals surface area contributed by atoms with Crippen molar-refractivity contribution in [3.63, 3.8) is 0 Å². The summed E-state index contributed by atoms with van der Waals surface area (Å²) in [5.41, 5.74) is 0.919. The first-order valence-corrected chi connectivity index (χ1v) is 10.2. The van der Waals surface area contributed by atoms with Gasteiger partial charge < -0.3 is 21.1 Å². The van der Waals surface area contributed by atoms with Crippen LogP contribution >= 0.6 is 35.3 Å². The van der Waals surface area contributed by atoms with Crippen molar-refractivity contribution in [3.05, 3.63) is 58.3 Å². The number of carbonyl (C=O) groups excluding carboxylic acids is 1. The highest BCUT2D eigenvalue weighted by Crippen LogP contribution is 2.14. The maximum Gasteiger partial charge on any atom is 0.261 e. The Bertz CT molecular complexity index is 695. The van der Waals surface area contributed by atoms with E-state index in [1.807, 2.05) is 54.8 Å². The van der Waals surface area contributed by atoms with Crippen molar-refractivity contribution in [2.45, 2.75) is 25.9 Å². The van der Waals surface area contributed by atoms with E-state index >= 15 is 0 Å². The number of nitrogens with one attached hydrogen (secondary N) is 3. The molecule has 0 radical (unpaired) electrons. The maximum atomic E-state index is 11.8. The highest BCUT2D eigenvalue weighted by atomic mass is 127. The average molecular weight is 516 g/mol. The van der Waals surface area contributed by atoms with E-state index in [4.69, 9.17) is 0 Å². The first-order valence-electron chi connectivity index (χ1n) is 9.27. The summed E-state index contributed by atoms with van der Waals surface area (Å²) in [6.07, 6.45) is 0.875. The molecule has 1 atom stereocenters. The van der Waals surface area contributed by atoms with Crippen molar-refractivity contribution in [1.29, 1.82) is 0 Å². The Morgan fingerprint density at radius 2 is 1.89 bits per heavy atom. The van der Waals surface area contributed by atoms with Crippen LogP contribution in [-0.2, 0) is 0 Å². The average Bonchev–Trinajstić information content (AvgIpc) is 3.23. The molecule has 1 amide bonds. The van der Waals surface area contributed by atoms with Crippen LogP contribution in [0.2, 0.25) is 0 Å². The van der Waals surface area contributed by atoms with Crippen LogP contribution in [0.5, 0.6) is 0 Å². The third kappa shape index (κ3) is 9.03.